The van der Waals surface area contributed by atoms with E-state index in [9.17, 15) is 4.79 Å². The summed E-state index contributed by atoms with van der Waals surface area (Å²) in [7, 11) is 0. The van der Waals surface area contributed by atoms with Crippen LogP contribution >= 0.6 is 23.2 Å². The Bertz CT molecular complexity index is 940. The molecule has 1 fully saturated rings. The molecule has 3 rings (SSSR count). The number of benzene rings is 1. The highest BCUT2D eigenvalue weighted by Crippen LogP contribution is 2.34. The number of nitriles is 1. The Hall–Kier alpha value is -2.60. The number of halogens is 2. The number of carbonyl (C=O) groups is 1. The molecule has 0 aliphatic heterocycles. The zero-order chi connectivity index (χ0) is 20.1. The van der Waals surface area contributed by atoms with Crippen LogP contribution in [-0.2, 0) is 0 Å². The lowest BCUT2D eigenvalue weighted by Crippen LogP contribution is -2.31. The second kappa shape index (κ2) is 9.06. The van der Waals surface area contributed by atoms with Crippen LogP contribution in [-0.4, -0.2) is 22.1 Å². The summed E-state index contributed by atoms with van der Waals surface area (Å²) >= 11 is 11.8. The highest BCUT2D eigenvalue weighted by atomic mass is 35.5. The van der Waals surface area contributed by atoms with E-state index in [0.29, 0.717) is 16.3 Å². The van der Waals surface area contributed by atoms with Crippen LogP contribution < -0.4 is 4.74 Å². The van der Waals surface area contributed by atoms with Gasteiger partial charge >= 0.3 is 0 Å². The van der Waals surface area contributed by atoms with Gasteiger partial charge in [-0.05, 0) is 55.9 Å². The Morgan fingerprint density at radius 1 is 1.18 bits per heavy atom. The largest absolute Gasteiger partial charge is 0.490 e. The van der Waals surface area contributed by atoms with Crippen molar-refractivity contribution in [2.75, 3.05) is 0 Å². The van der Waals surface area contributed by atoms with Crippen molar-refractivity contribution in [1.82, 2.24) is 10.2 Å². The third-order valence-corrected chi connectivity index (χ3v) is 5.41. The molecule has 0 spiro atoms. The van der Waals surface area contributed by atoms with Gasteiger partial charge in [0.1, 0.15) is 17.5 Å². The van der Waals surface area contributed by atoms with Crippen LogP contribution in [0.15, 0.2) is 30.3 Å². The normalized spacial score (nSPS) is 19.9. The van der Waals surface area contributed by atoms with Gasteiger partial charge in [-0.2, -0.15) is 5.26 Å². The molecule has 0 bridgehead atoms. The van der Waals surface area contributed by atoms with Gasteiger partial charge in [0, 0.05) is 6.07 Å². The molecule has 1 heterocycles. The van der Waals surface area contributed by atoms with Gasteiger partial charge in [0.05, 0.1) is 22.6 Å². The number of ether oxygens (including phenoxy) is 1. The van der Waals surface area contributed by atoms with Gasteiger partial charge in [0.25, 0.3) is 0 Å². The first-order valence-corrected chi connectivity index (χ1v) is 9.63. The first-order valence-electron chi connectivity index (χ1n) is 8.87. The van der Waals surface area contributed by atoms with Crippen LogP contribution in [0.2, 0.25) is 10.2 Å². The first-order chi connectivity index (χ1) is 13.5. The van der Waals surface area contributed by atoms with Gasteiger partial charge in [-0.3, -0.25) is 4.79 Å². The quantitative estimate of drug-likeness (QED) is 0.523. The monoisotopic (exact) mass is 413 g/mol. The summed E-state index contributed by atoms with van der Waals surface area (Å²) in [6, 6.07) is 10.1. The van der Waals surface area contributed by atoms with Crippen molar-refractivity contribution in [3.05, 3.63) is 51.8 Å². The lowest BCUT2D eigenvalue weighted by Gasteiger charge is -2.31. The Labute approximate surface area is 173 Å². The standard InChI is InChI=1S/C21H17Cl2N3O2/c1-2-17(21(27)19-9-10-20(23)26-25-19)13-3-6-15(7-4-13)28-16-8-5-14(12-24)18(22)11-16/h1,5,8-11,13,15,17H,3-4,6-7H2/t13-,15-,17?. The summed E-state index contributed by atoms with van der Waals surface area (Å²) in [5.41, 5.74) is 0.649. The molecule has 1 aromatic carbocycles. The SMILES string of the molecule is C#CC(C(=O)c1ccc(Cl)nn1)[C@H]1CC[C@H](Oc2ccc(C#N)c(Cl)c2)CC1. The third kappa shape index (κ3) is 4.62. The highest BCUT2D eigenvalue weighted by molar-refractivity contribution is 6.31. The maximum atomic E-state index is 12.7. The Kier molecular flexibility index (Phi) is 6.52. The van der Waals surface area contributed by atoms with E-state index in [1.807, 2.05) is 6.07 Å². The zero-order valence-electron chi connectivity index (χ0n) is 14.9. The van der Waals surface area contributed by atoms with E-state index in [-0.39, 0.29) is 28.7 Å². The molecule has 1 aliphatic carbocycles. The third-order valence-electron chi connectivity index (χ3n) is 4.90. The topological polar surface area (TPSA) is 75.9 Å². The van der Waals surface area contributed by atoms with Gasteiger partial charge in [0.15, 0.2) is 10.9 Å². The highest BCUT2D eigenvalue weighted by Gasteiger charge is 2.32. The van der Waals surface area contributed by atoms with Gasteiger partial charge < -0.3 is 4.74 Å². The molecule has 1 atom stereocenters. The van der Waals surface area contributed by atoms with Crippen molar-refractivity contribution in [3.8, 4) is 24.2 Å². The number of Topliss-reactive ketones (excluding diaryl/α,β-unsaturated/α-hetero) is 1. The Balaban J connectivity index is 1.60. The van der Waals surface area contributed by atoms with E-state index in [0.717, 1.165) is 25.7 Å². The molecule has 5 nitrogen and oxygen atoms in total. The Morgan fingerprint density at radius 3 is 2.50 bits per heavy atom. The van der Waals surface area contributed by atoms with Crippen molar-refractivity contribution in [1.29, 1.82) is 5.26 Å². The second-order valence-electron chi connectivity index (χ2n) is 6.66. The van der Waals surface area contributed by atoms with Crippen LogP contribution in [0.25, 0.3) is 0 Å². The summed E-state index contributed by atoms with van der Waals surface area (Å²) in [5.74, 6) is 2.59. The van der Waals surface area contributed by atoms with E-state index in [4.69, 9.17) is 39.6 Å². The molecule has 0 amide bonds. The summed E-state index contributed by atoms with van der Waals surface area (Å²) in [5, 5.41) is 17.1. The van der Waals surface area contributed by atoms with E-state index in [1.54, 1.807) is 24.3 Å². The number of ketones is 1. The molecular formula is C21H17Cl2N3O2. The first kappa shape index (κ1) is 20.1. The van der Waals surface area contributed by atoms with Gasteiger partial charge in [-0.1, -0.05) is 29.1 Å². The zero-order valence-corrected chi connectivity index (χ0v) is 16.5. The maximum absolute atomic E-state index is 12.7. The fraction of sp³-hybridized carbons (Fsp3) is 0.333. The summed E-state index contributed by atoms with van der Waals surface area (Å²) in [4.78, 5) is 12.7. The number of nitrogens with zero attached hydrogens (tertiary/aromatic N) is 3. The van der Waals surface area contributed by atoms with E-state index in [2.05, 4.69) is 16.1 Å². The number of terminal acetylenes is 1. The Morgan fingerprint density at radius 2 is 1.93 bits per heavy atom. The number of hydrogen-bond donors (Lipinski definition) is 0. The number of carbonyl (C=O) groups excluding carboxylic acids is 1. The van der Waals surface area contributed by atoms with Crippen LogP contribution in [0.1, 0.15) is 41.7 Å². The van der Waals surface area contributed by atoms with Crippen molar-refractivity contribution in [2.24, 2.45) is 11.8 Å². The van der Waals surface area contributed by atoms with E-state index < -0.39 is 5.92 Å². The molecule has 28 heavy (non-hydrogen) atoms. The molecule has 2 aromatic rings. The average molecular weight is 414 g/mol. The summed E-state index contributed by atoms with van der Waals surface area (Å²) < 4.78 is 5.99. The van der Waals surface area contributed by atoms with Crippen molar-refractivity contribution >= 4 is 29.0 Å². The van der Waals surface area contributed by atoms with Crippen molar-refractivity contribution in [3.63, 3.8) is 0 Å². The summed E-state index contributed by atoms with van der Waals surface area (Å²) in [6.45, 7) is 0. The fourth-order valence-electron chi connectivity index (χ4n) is 3.42. The van der Waals surface area contributed by atoms with E-state index in [1.165, 1.54) is 6.07 Å². The van der Waals surface area contributed by atoms with Crippen molar-refractivity contribution < 1.29 is 9.53 Å². The number of rotatable bonds is 5. The molecule has 1 unspecified atom stereocenters. The van der Waals surface area contributed by atoms with Crippen LogP contribution in [0.3, 0.4) is 0 Å². The predicted octanol–water partition coefficient (Wildman–Crippen LogP) is 4.72. The van der Waals surface area contributed by atoms with Crippen LogP contribution in [0, 0.1) is 35.5 Å². The smallest absolute Gasteiger partial charge is 0.198 e. The molecule has 7 heteroatoms. The molecule has 1 aromatic heterocycles. The van der Waals surface area contributed by atoms with E-state index >= 15 is 0 Å². The maximum Gasteiger partial charge on any atom is 0.198 e. The lowest BCUT2D eigenvalue weighted by atomic mass is 9.77. The molecule has 0 saturated heterocycles. The molecule has 1 saturated carbocycles. The average Bonchev–Trinajstić information content (AvgIpc) is 2.70. The molecular weight excluding hydrogens is 397 g/mol. The molecule has 142 valence electrons. The lowest BCUT2D eigenvalue weighted by molar-refractivity contribution is 0.0822. The van der Waals surface area contributed by atoms with Gasteiger partial charge in [0.2, 0.25) is 0 Å². The minimum absolute atomic E-state index is 0.0177. The van der Waals surface area contributed by atoms with Gasteiger partial charge in [-0.15, -0.1) is 16.6 Å². The molecule has 0 radical (unpaired) electrons. The minimum Gasteiger partial charge on any atom is -0.490 e. The molecule has 1 aliphatic rings. The minimum atomic E-state index is -0.541. The molecule has 0 N–H and O–H groups in total. The van der Waals surface area contributed by atoms with Gasteiger partial charge in [-0.25, -0.2) is 0 Å². The van der Waals surface area contributed by atoms with Crippen molar-refractivity contribution in [2.45, 2.75) is 31.8 Å². The van der Waals surface area contributed by atoms with Crippen LogP contribution in [0.5, 0.6) is 5.75 Å². The fourth-order valence-corrected chi connectivity index (χ4v) is 3.74. The van der Waals surface area contributed by atoms with Crippen LogP contribution in [0.4, 0.5) is 0 Å². The number of aromatic nitrogens is 2. The number of hydrogen-bond acceptors (Lipinski definition) is 5. The summed E-state index contributed by atoms with van der Waals surface area (Å²) in [6.07, 6.45) is 8.78. The second-order valence-corrected chi connectivity index (χ2v) is 7.45. The predicted molar refractivity (Wildman–Crippen MR) is 106 cm³/mol.